The summed E-state index contributed by atoms with van der Waals surface area (Å²) in [6.45, 7) is 4.46. The van der Waals surface area contributed by atoms with Crippen molar-refractivity contribution >= 4 is 5.69 Å². The Bertz CT molecular complexity index is 494. The molecule has 4 nitrogen and oxygen atoms in total. The van der Waals surface area contributed by atoms with E-state index in [1.807, 2.05) is 7.05 Å². The smallest absolute Gasteiger partial charge is 0.0402 e. The predicted molar refractivity (Wildman–Crippen MR) is 93.6 cm³/mol. The molecular formula is C18H30N4. The van der Waals surface area contributed by atoms with Gasteiger partial charge in [0.05, 0.1) is 0 Å². The monoisotopic (exact) mass is 302 g/mol. The van der Waals surface area contributed by atoms with Crippen molar-refractivity contribution in [2.24, 2.45) is 0 Å². The van der Waals surface area contributed by atoms with Gasteiger partial charge in [0.2, 0.25) is 0 Å². The summed E-state index contributed by atoms with van der Waals surface area (Å²) in [6, 6.07) is 8.05. The Morgan fingerprint density at radius 1 is 1.32 bits per heavy atom. The Morgan fingerprint density at radius 3 is 2.82 bits per heavy atom. The molecule has 0 bridgehead atoms. The number of nitrogens with one attached hydrogen (secondary N) is 2. The molecule has 1 atom stereocenters. The lowest BCUT2D eigenvalue weighted by Crippen LogP contribution is -2.44. The van der Waals surface area contributed by atoms with E-state index in [4.69, 9.17) is 0 Å². The fourth-order valence-corrected chi connectivity index (χ4v) is 3.90. The van der Waals surface area contributed by atoms with Crippen molar-refractivity contribution in [1.29, 1.82) is 0 Å². The van der Waals surface area contributed by atoms with Gasteiger partial charge in [-0.15, -0.1) is 0 Å². The normalized spacial score (nSPS) is 23.3. The zero-order valence-electron chi connectivity index (χ0n) is 14.2. The van der Waals surface area contributed by atoms with Crippen LogP contribution in [0.2, 0.25) is 0 Å². The Kier molecular flexibility index (Phi) is 5.01. The number of piperidine rings is 1. The molecule has 3 rings (SSSR count). The highest BCUT2D eigenvalue weighted by Crippen LogP contribution is 2.30. The maximum absolute atomic E-state index is 3.64. The third-order valence-electron chi connectivity index (χ3n) is 5.35. The summed E-state index contributed by atoms with van der Waals surface area (Å²) in [4.78, 5) is 4.99. The van der Waals surface area contributed by atoms with Crippen LogP contribution in [-0.2, 0) is 13.0 Å². The van der Waals surface area contributed by atoms with E-state index in [0.717, 1.165) is 19.5 Å². The number of rotatable bonds is 4. The first-order chi connectivity index (χ1) is 10.7. The lowest BCUT2D eigenvalue weighted by Gasteiger charge is -2.39. The Labute approximate surface area is 134 Å². The van der Waals surface area contributed by atoms with E-state index in [9.17, 15) is 0 Å². The lowest BCUT2D eigenvalue weighted by molar-refractivity contribution is 0.252. The molecule has 1 aromatic carbocycles. The molecule has 0 saturated carbocycles. The predicted octanol–water partition coefficient (Wildman–Crippen LogP) is 1.45. The molecular weight excluding hydrogens is 272 g/mol. The molecule has 1 aromatic rings. The van der Waals surface area contributed by atoms with E-state index in [-0.39, 0.29) is 0 Å². The van der Waals surface area contributed by atoms with Crippen LogP contribution in [0.4, 0.5) is 5.69 Å². The molecule has 0 aromatic heterocycles. The minimum Gasteiger partial charge on any atom is -0.371 e. The van der Waals surface area contributed by atoms with E-state index in [1.54, 1.807) is 5.56 Å². The number of likely N-dealkylation sites (tertiary alicyclic amines) is 1. The van der Waals surface area contributed by atoms with E-state index in [2.05, 4.69) is 52.7 Å². The molecule has 22 heavy (non-hydrogen) atoms. The van der Waals surface area contributed by atoms with Crippen LogP contribution < -0.4 is 15.5 Å². The van der Waals surface area contributed by atoms with Crippen molar-refractivity contribution < 1.29 is 0 Å². The first kappa shape index (κ1) is 15.8. The minimum atomic E-state index is 0.546. The fourth-order valence-electron chi connectivity index (χ4n) is 3.90. The van der Waals surface area contributed by atoms with E-state index in [1.165, 1.54) is 37.2 Å². The third kappa shape index (κ3) is 3.29. The highest BCUT2D eigenvalue weighted by molar-refractivity contribution is 5.58. The van der Waals surface area contributed by atoms with Crippen LogP contribution in [0.1, 0.15) is 24.0 Å². The van der Waals surface area contributed by atoms with Crippen LogP contribution in [0.5, 0.6) is 0 Å². The molecule has 4 heteroatoms. The summed E-state index contributed by atoms with van der Waals surface area (Å²) >= 11 is 0. The molecule has 1 fully saturated rings. The maximum atomic E-state index is 3.64. The number of nitrogens with zero attached hydrogens (tertiary/aromatic N) is 2. The fraction of sp³-hybridized carbons (Fsp3) is 0.667. The van der Waals surface area contributed by atoms with Gasteiger partial charge in [0.1, 0.15) is 0 Å². The SMILES string of the molecule is CNCC1Cc2c(cccc2N(C)C2CCN(C)CC2)CN1. The molecule has 122 valence electrons. The highest BCUT2D eigenvalue weighted by atomic mass is 15.2. The second-order valence-electron chi connectivity index (χ2n) is 6.90. The van der Waals surface area contributed by atoms with Crippen LogP contribution in [0.15, 0.2) is 18.2 Å². The van der Waals surface area contributed by atoms with Gasteiger partial charge in [-0.05, 0) is 63.6 Å². The lowest BCUT2D eigenvalue weighted by atomic mass is 9.92. The summed E-state index contributed by atoms with van der Waals surface area (Å²) in [5.41, 5.74) is 4.49. The number of hydrogen-bond donors (Lipinski definition) is 2. The average Bonchev–Trinajstić information content (AvgIpc) is 2.54. The van der Waals surface area contributed by atoms with Crippen LogP contribution in [0.25, 0.3) is 0 Å². The van der Waals surface area contributed by atoms with Crippen LogP contribution in [0, 0.1) is 0 Å². The number of anilines is 1. The van der Waals surface area contributed by atoms with Crippen molar-refractivity contribution in [2.45, 2.75) is 37.9 Å². The quantitative estimate of drug-likeness (QED) is 0.881. The van der Waals surface area contributed by atoms with Crippen LogP contribution in [0.3, 0.4) is 0 Å². The zero-order valence-corrected chi connectivity index (χ0v) is 14.2. The minimum absolute atomic E-state index is 0.546. The summed E-state index contributed by atoms with van der Waals surface area (Å²) < 4.78 is 0. The zero-order chi connectivity index (χ0) is 15.5. The van der Waals surface area contributed by atoms with Gasteiger partial charge in [0, 0.05) is 37.9 Å². The van der Waals surface area contributed by atoms with Gasteiger partial charge in [-0.25, -0.2) is 0 Å². The number of fused-ring (bicyclic) bond motifs is 1. The molecule has 2 N–H and O–H groups in total. The standard InChI is InChI=1S/C18H30N4/c1-19-13-15-11-17-14(12-20-15)5-4-6-18(17)22(3)16-7-9-21(2)10-8-16/h4-6,15-16,19-20H,7-13H2,1-3H3. The van der Waals surface area contributed by atoms with Gasteiger partial charge in [-0.2, -0.15) is 0 Å². The van der Waals surface area contributed by atoms with Gasteiger partial charge in [-0.1, -0.05) is 12.1 Å². The van der Waals surface area contributed by atoms with E-state index in [0.29, 0.717) is 12.1 Å². The highest BCUT2D eigenvalue weighted by Gasteiger charge is 2.25. The maximum Gasteiger partial charge on any atom is 0.0402 e. The third-order valence-corrected chi connectivity index (χ3v) is 5.35. The van der Waals surface area contributed by atoms with Gasteiger partial charge in [0.25, 0.3) is 0 Å². The second-order valence-corrected chi connectivity index (χ2v) is 6.90. The number of hydrogen-bond acceptors (Lipinski definition) is 4. The molecule has 2 aliphatic rings. The van der Waals surface area contributed by atoms with Crippen molar-refractivity contribution in [1.82, 2.24) is 15.5 Å². The second kappa shape index (κ2) is 6.99. The van der Waals surface area contributed by atoms with Crippen molar-refractivity contribution in [2.75, 3.05) is 45.7 Å². The topological polar surface area (TPSA) is 30.5 Å². The van der Waals surface area contributed by atoms with Gasteiger partial charge in [0.15, 0.2) is 0 Å². The summed E-state index contributed by atoms with van der Waals surface area (Å²) in [6.07, 6.45) is 3.67. The molecule has 0 amide bonds. The number of likely N-dealkylation sites (N-methyl/N-ethyl adjacent to an activating group) is 1. The summed E-state index contributed by atoms with van der Waals surface area (Å²) in [7, 11) is 6.56. The van der Waals surface area contributed by atoms with Crippen molar-refractivity contribution in [3.05, 3.63) is 29.3 Å². The molecule has 1 unspecified atom stereocenters. The Morgan fingerprint density at radius 2 is 2.09 bits per heavy atom. The van der Waals surface area contributed by atoms with Gasteiger partial charge < -0.3 is 20.4 Å². The van der Waals surface area contributed by atoms with E-state index >= 15 is 0 Å². The van der Waals surface area contributed by atoms with Gasteiger partial charge >= 0.3 is 0 Å². The molecule has 0 spiro atoms. The Balaban J connectivity index is 1.79. The summed E-state index contributed by atoms with van der Waals surface area (Å²) in [5.74, 6) is 0. The molecule has 0 radical (unpaired) electrons. The van der Waals surface area contributed by atoms with Crippen LogP contribution >= 0.6 is 0 Å². The van der Waals surface area contributed by atoms with Crippen LogP contribution in [-0.4, -0.2) is 57.8 Å². The van der Waals surface area contributed by atoms with E-state index < -0.39 is 0 Å². The molecule has 2 heterocycles. The van der Waals surface area contributed by atoms with Crippen molar-refractivity contribution in [3.63, 3.8) is 0 Å². The van der Waals surface area contributed by atoms with Gasteiger partial charge in [-0.3, -0.25) is 0 Å². The molecule has 1 saturated heterocycles. The van der Waals surface area contributed by atoms with Crippen molar-refractivity contribution in [3.8, 4) is 0 Å². The summed E-state index contributed by atoms with van der Waals surface area (Å²) in [5, 5.41) is 6.94. The molecule has 2 aliphatic heterocycles. The molecule has 0 aliphatic carbocycles. The first-order valence-electron chi connectivity index (χ1n) is 8.59. The Hall–Kier alpha value is -1.10. The number of benzene rings is 1. The largest absolute Gasteiger partial charge is 0.371 e. The average molecular weight is 302 g/mol. The first-order valence-corrected chi connectivity index (χ1v) is 8.59.